The zero-order valence-corrected chi connectivity index (χ0v) is 20.7. The van der Waals surface area contributed by atoms with Gasteiger partial charge >= 0.3 is 182 Å². The van der Waals surface area contributed by atoms with Crippen molar-refractivity contribution in [2.75, 3.05) is 3.63 Å². The molecule has 0 aliphatic rings. The molecule has 2 radical (unpaired) electrons. The van der Waals surface area contributed by atoms with E-state index >= 15 is 0 Å². The van der Waals surface area contributed by atoms with E-state index in [1.54, 1.807) is 0 Å². The minimum atomic E-state index is -0.834. The number of benzene rings is 3. The Morgan fingerprint density at radius 2 is 1.11 bits per heavy atom. The molecule has 0 atom stereocenters. The van der Waals surface area contributed by atoms with Crippen molar-refractivity contribution in [3.8, 4) is 0 Å². The average molecular weight is 469 g/mol. The van der Waals surface area contributed by atoms with Gasteiger partial charge in [0.2, 0.25) is 0 Å². The zero-order valence-electron chi connectivity index (χ0n) is 16.9. The topological polar surface area (TPSA) is 3.24 Å². The molecule has 0 unspecified atom stereocenters. The van der Waals surface area contributed by atoms with Crippen molar-refractivity contribution >= 4 is 49.1 Å². The monoisotopic (exact) mass is 469 g/mol. The first-order valence-electron chi connectivity index (χ1n) is 9.74. The molecule has 28 heavy (non-hydrogen) atoms. The first kappa shape index (κ1) is 21.4. The standard InChI is InChI=1S/C24H27ClGeNP/c1-18(2)22-16-11-17-23(19(3)4)24(22)27(26-25)28(20-12-7-5-8-13-20)21-14-9-6-10-15-21/h5-19H,1-4H3. The van der Waals surface area contributed by atoms with Crippen LogP contribution in [0, 0.1) is 0 Å². The van der Waals surface area contributed by atoms with Crippen LogP contribution in [0.15, 0.2) is 78.9 Å². The number of anilines is 1. The molecule has 0 fully saturated rings. The summed E-state index contributed by atoms with van der Waals surface area (Å²) in [5.41, 5.74) is 4.16. The molecule has 3 aromatic carbocycles. The Balaban J connectivity index is 2.25. The van der Waals surface area contributed by atoms with E-state index < -0.39 is 22.8 Å². The van der Waals surface area contributed by atoms with Gasteiger partial charge in [0.15, 0.2) is 0 Å². The van der Waals surface area contributed by atoms with Crippen LogP contribution in [-0.2, 0) is 0 Å². The van der Waals surface area contributed by atoms with Gasteiger partial charge in [0.1, 0.15) is 0 Å². The van der Waals surface area contributed by atoms with Crippen molar-refractivity contribution < 1.29 is 0 Å². The molecule has 0 spiro atoms. The maximum absolute atomic E-state index is 6.82. The van der Waals surface area contributed by atoms with E-state index in [9.17, 15) is 0 Å². The molecular formula is C24H27ClGeNP. The molecule has 0 bridgehead atoms. The van der Waals surface area contributed by atoms with Crippen LogP contribution in [0.4, 0.5) is 5.69 Å². The van der Waals surface area contributed by atoms with Crippen molar-refractivity contribution in [3.05, 3.63) is 90.0 Å². The fraction of sp³-hybridized carbons (Fsp3) is 0.250. The van der Waals surface area contributed by atoms with Crippen LogP contribution in [0.1, 0.15) is 50.7 Å². The summed E-state index contributed by atoms with van der Waals surface area (Å²) in [5, 5.41) is 2.70. The molecule has 3 aromatic rings. The maximum atomic E-state index is 6.82. The van der Waals surface area contributed by atoms with Gasteiger partial charge in [-0.2, -0.15) is 0 Å². The third-order valence-electron chi connectivity index (χ3n) is 4.84. The predicted molar refractivity (Wildman–Crippen MR) is 128 cm³/mol. The van der Waals surface area contributed by atoms with Crippen LogP contribution >= 0.6 is 18.1 Å². The fourth-order valence-electron chi connectivity index (χ4n) is 3.45. The van der Waals surface area contributed by atoms with Crippen LogP contribution in [0.5, 0.6) is 0 Å². The summed E-state index contributed by atoms with van der Waals surface area (Å²) in [5.74, 6) is 0.906. The summed E-state index contributed by atoms with van der Waals surface area (Å²) >= 11 is -0.834. The van der Waals surface area contributed by atoms with Crippen LogP contribution < -0.4 is 14.2 Å². The van der Waals surface area contributed by atoms with E-state index in [1.165, 1.54) is 27.4 Å². The second kappa shape index (κ2) is 9.96. The van der Waals surface area contributed by atoms with Crippen molar-refractivity contribution in [1.29, 1.82) is 0 Å². The Morgan fingerprint density at radius 3 is 1.46 bits per heavy atom. The van der Waals surface area contributed by atoms with E-state index in [4.69, 9.17) is 10.0 Å². The Labute approximate surface area is 181 Å². The average Bonchev–Trinajstić information content (AvgIpc) is 2.72. The van der Waals surface area contributed by atoms with Gasteiger partial charge in [0, 0.05) is 0 Å². The van der Waals surface area contributed by atoms with Gasteiger partial charge in [-0.05, 0) is 0 Å². The number of halogens is 1. The molecule has 0 aliphatic heterocycles. The van der Waals surface area contributed by atoms with Crippen LogP contribution in [-0.4, -0.2) is 14.7 Å². The Morgan fingerprint density at radius 1 is 0.679 bits per heavy atom. The van der Waals surface area contributed by atoms with E-state index in [2.05, 4.69) is 110 Å². The fourth-order valence-corrected chi connectivity index (χ4v) is 9.90. The molecule has 0 heterocycles. The molecule has 0 aliphatic carbocycles. The van der Waals surface area contributed by atoms with Gasteiger partial charge in [0.05, 0.1) is 0 Å². The van der Waals surface area contributed by atoms with Gasteiger partial charge in [-0.25, -0.2) is 0 Å². The van der Waals surface area contributed by atoms with E-state index in [0.29, 0.717) is 11.8 Å². The summed E-state index contributed by atoms with van der Waals surface area (Å²) in [7, 11) is 6.10. The van der Waals surface area contributed by atoms with Crippen LogP contribution in [0.3, 0.4) is 0 Å². The summed E-state index contributed by atoms with van der Waals surface area (Å²) in [4.78, 5) is 0. The molecule has 0 amide bonds. The summed E-state index contributed by atoms with van der Waals surface area (Å²) in [6.45, 7) is 9.12. The van der Waals surface area contributed by atoms with Gasteiger partial charge in [-0.15, -0.1) is 0 Å². The quantitative estimate of drug-likeness (QED) is 0.280. The summed E-state index contributed by atoms with van der Waals surface area (Å²) in [6, 6.07) is 28.5. The molecular weight excluding hydrogens is 441 g/mol. The predicted octanol–water partition coefficient (Wildman–Crippen LogP) is 6.56. The van der Waals surface area contributed by atoms with Crippen LogP contribution in [0.25, 0.3) is 0 Å². The minimum absolute atomic E-state index is 0.453. The first-order chi connectivity index (χ1) is 13.5. The van der Waals surface area contributed by atoms with Gasteiger partial charge in [-0.3, -0.25) is 0 Å². The van der Waals surface area contributed by atoms with Gasteiger partial charge < -0.3 is 0 Å². The molecule has 144 valence electrons. The number of hydrogen-bond acceptors (Lipinski definition) is 1. The number of hydrogen-bond donors (Lipinski definition) is 0. The molecule has 4 heteroatoms. The Kier molecular flexibility index (Phi) is 7.63. The van der Waals surface area contributed by atoms with Crippen molar-refractivity contribution in [2.45, 2.75) is 39.5 Å². The number of para-hydroxylation sites is 1. The normalized spacial score (nSPS) is 11.4. The van der Waals surface area contributed by atoms with Crippen LogP contribution in [0.2, 0.25) is 0 Å². The number of rotatable bonds is 7. The Hall–Kier alpha value is -1.28. The molecule has 0 saturated carbocycles. The second-order valence-corrected chi connectivity index (χ2v) is 12.5. The number of nitrogens with zero attached hydrogens (tertiary/aromatic N) is 1. The molecule has 3 rings (SSSR count). The van der Waals surface area contributed by atoms with Gasteiger partial charge in [0.25, 0.3) is 0 Å². The first-order valence-corrected chi connectivity index (χ1v) is 14.7. The molecule has 0 aromatic heterocycles. The van der Waals surface area contributed by atoms with E-state index in [-0.39, 0.29) is 0 Å². The van der Waals surface area contributed by atoms with Crippen molar-refractivity contribution in [3.63, 3.8) is 0 Å². The van der Waals surface area contributed by atoms with E-state index in [0.717, 1.165) is 0 Å². The van der Waals surface area contributed by atoms with Crippen molar-refractivity contribution in [2.24, 2.45) is 0 Å². The van der Waals surface area contributed by atoms with Gasteiger partial charge in [-0.1, -0.05) is 0 Å². The molecule has 1 nitrogen and oxygen atoms in total. The summed E-state index contributed by atoms with van der Waals surface area (Å²) in [6.07, 6.45) is 0. The molecule has 0 saturated heterocycles. The molecule has 0 N–H and O–H groups in total. The third-order valence-corrected chi connectivity index (χ3v) is 11.1. The zero-order chi connectivity index (χ0) is 20.1. The Bertz CT molecular complexity index is 818. The summed E-state index contributed by atoms with van der Waals surface area (Å²) < 4.78 is 2.56. The second-order valence-electron chi connectivity index (χ2n) is 7.47. The third kappa shape index (κ3) is 4.65. The SMILES string of the molecule is CC(C)c1cccc(C(C)C)c1[N]([Ge][Cl])P(c1ccccc1)c1ccccc1. The van der Waals surface area contributed by atoms with E-state index in [1.807, 2.05) is 0 Å². The van der Waals surface area contributed by atoms with Crippen molar-refractivity contribution in [1.82, 2.24) is 0 Å².